The molecule has 2 N–H and O–H groups in total. The van der Waals surface area contributed by atoms with Gasteiger partial charge >= 0.3 is 0 Å². The molecule has 1 aliphatic heterocycles. The summed E-state index contributed by atoms with van der Waals surface area (Å²) in [5, 5.41) is 5.30. The number of piperidine rings is 1. The fourth-order valence-corrected chi connectivity index (χ4v) is 3.49. The molecule has 1 atom stereocenters. The number of nitrogens with zero attached hydrogens (tertiary/aromatic N) is 1. The predicted octanol–water partition coefficient (Wildman–Crippen LogP) is 1.10. The number of imide groups is 2. The summed E-state index contributed by atoms with van der Waals surface area (Å²) in [5.74, 6) is -1.71. The van der Waals surface area contributed by atoms with E-state index in [1.54, 1.807) is 25.1 Å². The second-order valence-corrected chi connectivity index (χ2v) is 7.79. The molecule has 1 fully saturated rings. The second kappa shape index (κ2) is 19.9. The molecule has 212 valence electrons. The lowest BCUT2D eigenvalue weighted by Crippen LogP contribution is -2.54. The van der Waals surface area contributed by atoms with Gasteiger partial charge in [-0.1, -0.05) is 26.0 Å². The number of benzene rings is 1. The highest BCUT2D eigenvalue weighted by Crippen LogP contribution is 2.23. The number of hydrogen-bond acceptors (Lipinski definition) is 10. The van der Waals surface area contributed by atoms with Crippen molar-refractivity contribution in [3.8, 4) is 0 Å². The number of rotatable bonds is 18. The average Bonchev–Trinajstić information content (AvgIpc) is 2.91. The van der Waals surface area contributed by atoms with Crippen molar-refractivity contribution < 1.29 is 42.9 Å². The van der Waals surface area contributed by atoms with E-state index in [-0.39, 0.29) is 25.0 Å². The monoisotopic (exact) mass is 537 g/mol. The van der Waals surface area contributed by atoms with Gasteiger partial charge in [0.1, 0.15) is 18.9 Å². The Morgan fingerprint density at radius 2 is 1.61 bits per heavy atom. The maximum Gasteiger partial charge on any atom is 0.263 e. The number of anilines is 1. The first-order valence-corrected chi connectivity index (χ1v) is 12.7. The molecular weight excluding hydrogens is 498 g/mol. The quantitative estimate of drug-likeness (QED) is 0.158. The summed E-state index contributed by atoms with van der Waals surface area (Å²) in [6, 6.07) is 4.18. The first kappa shape index (κ1) is 32.8. The Kier molecular flexibility index (Phi) is 17.2. The van der Waals surface area contributed by atoms with Crippen molar-refractivity contribution in [3.63, 3.8) is 0 Å². The Hall–Kier alpha value is -3.19. The molecule has 12 nitrogen and oxygen atoms in total. The van der Waals surface area contributed by atoms with Crippen molar-refractivity contribution in [2.75, 3.05) is 64.7 Å². The van der Waals surface area contributed by atoms with Gasteiger partial charge in [0, 0.05) is 18.7 Å². The van der Waals surface area contributed by atoms with E-state index in [0.29, 0.717) is 76.7 Å². The van der Waals surface area contributed by atoms with Gasteiger partial charge in [-0.05, 0) is 25.0 Å². The first-order chi connectivity index (χ1) is 18.5. The zero-order chi connectivity index (χ0) is 28.2. The van der Waals surface area contributed by atoms with Crippen molar-refractivity contribution in [2.24, 2.45) is 0 Å². The van der Waals surface area contributed by atoms with Crippen molar-refractivity contribution >= 4 is 36.1 Å². The molecule has 0 aliphatic carbocycles. The molecule has 1 aromatic carbocycles. The van der Waals surface area contributed by atoms with E-state index in [9.17, 15) is 24.0 Å². The van der Waals surface area contributed by atoms with Gasteiger partial charge in [-0.2, -0.15) is 0 Å². The molecule has 0 aromatic heterocycles. The molecule has 0 saturated carbocycles. The molecule has 1 aliphatic rings. The van der Waals surface area contributed by atoms with Gasteiger partial charge in [-0.15, -0.1) is 0 Å². The Labute approximate surface area is 223 Å². The maximum atomic E-state index is 13.2. The van der Waals surface area contributed by atoms with E-state index in [1.165, 1.54) is 0 Å². The summed E-state index contributed by atoms with van der Waals surface area (Å²) in [4.78, 5) is 59.5. The molecule has 1 saturated heterocycles. The van der Waals surface area contributed by atoms with Gasteiger partial charge in [-0.25, -0.2) is 0 Å². The number of amides is 4. The minimum Gasteiger partial charge on any atom is -0.382 e. The van der Waals surface area contributed by atoms with Crippen LogP contribution in [0.1, 0.15) is 42.6 Å². The van der Waals surface area contributed by atoms with Crippen molar-refractivity contribution in [3.05, 3.63) is 29.3 Å². The molecule has 1 aromatic rings. The van der Waals surface area contributed by atoms with E-state index in [1.807, 2.05) is 13.8 Å². The summed E-state index contributed by atoms with van der Waals surface area (Å²) in [6.45, 7) is 8.87. The Morgan fingerprint density at radius 1 is 1.00 bits per heavy atom. The lowest BCUT2D eigenvalue weighted by Gasteiger charge is -2.29. The summed E-state index contributed by atoms with van der Waals surface area (Å²) in [6.07, 6.45) is 1.15. The van der Waals surface area contributed by atoms with E-state index in [0.717, 1.165) is 4.90 Å². The number of ether oxygens (including phenoxy) is 4. The standard InChI is InChI=1S/C24H33N3O9.C2H6/c1-18-3-2-4-19(22(18)24(32)27(17-29)20-5-6-21(30)26-23(20)31)25-7-9-33-11-13-35-15-16-36-14-12-34-10-8-28;1-2/h2-4,8,17,20,25H,5-7,9-16H2,1H3,(H,26,30,31);1-2H3. The molecule has 0 bridgehead atoms. The van der Waals surface area contributed by atoms with Crippen molar-refractivity contribution in [1.29, 1.82) is 0 Å². The van der Waals surface area contributed by atoms with E-state index < -0.39 is 23.8 Å². The van der Waals surface area contributed by atoms with E-state index >= 15 is 0 Å². The highest BCUT2D eigenvalue weighted by Gasteiger charge is 2.35. The lowest BCUT2D eigenvalue weighted by molar-refractivity contribution is -0.139. The third kappa shape index (κ3) is 11.5. The SMILES string of the molecule is CC.Cc1cccc(NCCOCCOCCOCCOCC=O)c1C(=O)N(C=O)C1CCC(=O)NC1=O. The summed E-state index contributed by atoms with van der Waals surface area (Å²) >= 11 is 0. The van der Waals surface area contributed by atoms with Crippen LogP contribution in [0.15, 0.2) is 18.2 Å². The molecule has 0 radical (unpaired) electrons. The smallest absolute Gasteiger partial charge is 0.263 e. The van der Waals surface area contributed by atoms with Crippen LogP contribution in [0.2, 0.25) is 0 Å². The average molecular weight is 538 g/mol. The van der Waals surface area contributed by atoms with Gasteiger partial charge in [0.15, 0.2) is 0 Å². The molecule has 38 heavy (non-hydrogen) atoms. The third-order valence-electron chi connectivity index (χ3n) is 5.24. The Morgan fingerprint density at radius 3 is 2.18 bits per heavy atom. The molecular formula is C26H39N3O9. The van der Waals surface area contributed by atoms with Gasteiger partial charge in [-0.3, -0.25) is 29.4 Å². The van der Waals surface area contributed by atoms with E-state index in [4.69, 9.17) is 18.9 Å². The number of aldehydes is 1. The largest absolute Gasteiger partial charge is 0.382 e. The zero-order valence-electron chi connectivity index (χ0n) is 22.4. The molecule has 2 rings (SSSR count). The number of carbonyl (C=O) groups excluding carboxylic acids is 5. The third-order valence-corrected chi connectivity index (χ3v) is 5.24. The van der Waals surface area contributed by atoms with Crippen LogP contribution in [0.3, 0.4) is 0 Å². The predicted molar refractivity (Wildman–Crippen MR) is 139 cm³/mol. The minimum atomic E-state index is -1.04. The van der Waals surface area contributed by atoms with E-state index in [2.05, 4.69) is 10.6 Å². The summed E-state index contributed by atoms with van der Waals surface area (Å²) in [7, 11) is 0. The van der Waals surface area contributed by atoms with Gasteiger partial charge < -0.3 is 29.1 Å². The maximum absolute atomic E-state index is 13.2. The highest BCUT2D eigenvalue weighted by atomic mass is 16.6. The number of nitrogens with one attached hydrogen (secondary N) is 2. The van der Waals surface area contributed by atoms with Gasteiger partial charge in [0.05, 0.1) is 51.8 Å². The molecule has 1 heterocycles. The minimum absolute atomic E-state index is 0.0540. The molecule has 12 heteroatoms. The summed E-state index contributed by atoms with van der Waals surface area (Å²) < 4.78 is 21.2. The Balaban J connectivity index is 0.00000352. The molecule has 1 unspecified atom stereocenters. The van der Waals surface area contributed by atoms with Crippen LogP contribution in [0, 0.1) is 6.92 Å². The second-order valence-electron chi connectivity index (χ2n) is 7.79. The lowest BCUT2D eigenvalue weighted by atomic mass is 10.0. The van der Waals surface area contributed by atoms with Gasteiger partial charge in [0.25, 0.3) is 5.91 Å². The van der Waals surface area contributed by atoms with Crippen LogP contribution in [0.25, 0.3) is 0 Å². The van der Waals surface area contributed by atoms with Crippen LogP contribution in [0.5, 0.6) is 0 Å². The highest BCUT2D eigenvalue weighted by molar-refractivity contribution is 6.09. The fraction of sp³-hybridized carbons (Fsp3) is 0.577. The normalized spacial score (nSPS) is 14.7. The van der Waals surface area contributed by atoms with Crippen LogP contribution in [-0.2, 0) is 38.1 Å². The van der Waals surface area contributed by atoms with Crippen molar-refractivity contribution in [2.45, 2.75) is 39.7 Å². The zero-order valence-corrected chi connectivity index (χ0v) is 22.4. The van der Waals surface area contributed by atoms with Crippen LogP contribution in [0.4, 0.5) is 5.69 Å². The fourth-order valence-electron chi connectivity index (χ4n) is 3.49. The number of carbonyl (C=O) groups is 5. The first-order valence-electron chi connectivity index (χ1n) is 12.7. The molecule has 4 amide bonds. The van der Waals surface area contributed by atoms with Crippen LogP contribution in [-0.4, -0.2) is 101 Å². The number of aryl methyl sites for hydroxylation is 1. The summed E-state index contributed by atoms with van der Waals surface area (Å²) in [5.41, 5.74) is 1.42. The van der Waals surface area contributed by atoms with Crippen LogP contribution >= 0.6 is 0 Å². The Bertz CT molecular complexity index is 895. The topological polar surface area (TPSA) is 150 Å². The van der Waals surface area contributed by atoms with Crippen LogP contribution < -0.4 is 10.6 Å². The van der Waals surface area contributed by atoms with Gasteiger partial charge in [0.2, 0.25) is 18.2 Å². The van der Waals surface area contributed by atoms with Crippen molar-refractivity contribution in [1.82, 2.24) is 10.2 Å². The molecule has 0 spiro atoms. The number of hydrogen-bond donors (Lipinski definition) is 2.